The number of fused-ring (bicyclic) bond motifs is 1. The van der Waals surface area contributed by atoms with Crippen LogP contribution in [0, 0.1) is 5.82 Å². The summed E-state index contributed by atoms with van der Waals surface area (Å²) in [5, 5.41) is 12.1. The second kappa shape index (κ2) is 4.48. The van der Waals surface area contributed by atoms with Crippen LogP contribution in [0.5, 0.6) is 0 Å². The Labute approximate surface area is 107 Å². The molecule has 4 heteroatoms. The molecule has 2 nitrogen and oxygen atoms in total. The van der Waals surface area contributed by atoms with Crippen molar-refractivity contribution < 1.29 is 9.50 Å². The largest absolute Gasteiger partial charge is 0.383 e. The van der Waals surface area contributed by atoms with Crippen molar-refractivity contribution in [3.05, 3.63) is 64.9 Å². The maximum atomic E-state index is 13.6. The van der Waals surface area contributed by atoms with Crippen LogP contribution in [-0.4, -0.2) is 10.1 Å². The Morgan fingerprint density at radius 3 is 2.89 bits per heavy atom. The van der Waals surface area contributed by atoms with Crippen molar-refractivity contribution in [1.29, 1.82) is 0 Å². The maximum Gasteiger partial charge on any atom is 0.129 e. The van der Waals surface area contributed by atoms with Gasteiger partial charge in [-0.15, -0.1) is 11.3 Å². The van der Waals surface area contributed by atoms with Crippen LogP contribution in [-0.2, 0) is 0 Å². The third-order valence-electron chi connectivity index (χ3n) is 2.84. The predicted octanol–water partition coefficient (Wildman–Crippen LogP) is 3.52. The molecule has 0 aliphatic heterocycles. The third-order valence-corrected chi connectivity index (χ3v) is 3.69. The number of rotatable bonds is 2. The second-order valence-electron chi connectivity index (χ2n) is 4.00. The fraction of sp³-hybridized carbons (Fsp3) is 0.0714. The van der Waals surface area contributed by atoms with E-state index in [9.17, 15) is 9.50 Å². The smallest absolute Gasteiger partial charge is 0.129 e. The molecule has 0 bridgehead atoms. The molecule has 3 aromatic rings. The first kappa shape index (κ1) is 11.3. The van der Waals surface area contributed by atoms with Crippen LogP contribution in [0.2, 0.25) is 0 Å². The van der Waals surface area contributed by atoms with Crippen LogP contribution in [0.4, 0.5) is 4.39 Å². The van der Waals surface area contributed by atoms with Crippen molar-refractivity contribution in [1.82, 2.24) is 4.98 Å². The van der Waals surface area contributed by atoms with Gasteiger partial charge in [0.05, 0.1) is 10.2 Å². The van der Waals surface area contributed by atoms with E-state index in [1.807, 2.05) is 17.5 Å². The second-order valence-corrected chi connectivity index (χ2v) is 4.94. The number of benzene rings is 1. The van der Waals surface area contributed by atoms with Crippen LogP contribution >= 0.6 is 11.3 Å². The molecule has 90 valence electrons. The zero-order chi connectivity index (χ0) is 12.5. The van der Waals surface area contributed by atoms with Crippen LogP contribution in [0.15, 0.2) is 48.0 Å². The summed E-state index contributed by atoms with van der Waals surface area (Å²) in [7, 11) is 0. The Balaban J connectivity index is 2.06. The molecule has 0 radical (unpaired) electrons. The van der Waals surface area contributed by atoms with E-state index in [4.69, 9.17) is 0 Å². The Hall–Kier alpha value is -1.78. The van der Waals surface area contributed by atoms with E-state index < -0.39 is 11.9 Å². The number of pyridine rings is 1. The van der Waals surface area contributed by atoms with E-state index >= 15 is 0 Å². The van der Waals surface area contributed by atoms with Crippen molar-refractivity contribution in [2.45, 2.75) is 6.10 Å². The number of aliphatic hydroxyl groups excluding tert-OH is 1. The van der Waals surface area contributed by atoms with Crippen molar-refractivity contribution in [2.75, 3.05) is 0 Å². The minimum absolute atomic E-state index is 0.273. The average Bonchev–Trinajstić information content (AvgIpc) is 2.85. The van der Waals surface area contributed by atoms with E-state index in [1.54, 1.807) is 35.7 Å². The summed E-state index contributed by atoms with van der Waals surface area (Å²) >= 11 is 1.55. The lowest BCUT2D eigenvalue weighted by Gasteiger charge is -2.11. The first-order valence-electron chi connectivity index (χ1n) is 5.51. The van der Waals surface area contributed by atoms with E-state index in [-0.39, 0.29) is 5.56 Å². The van der Waals surface area contributed by atoms with Crippen LogP contribution in [0.1, 0.15) is 17.2 Å². The molecule has 0 saturated carbocycles. The highest BCUT2D eigenvalue weighted by molar-refractivity contribution is 7.17. The third kappa shape index (κ3) is 1.89. The summed E-state index contributed by atoms with van der Waals surface area (Å²) in [5.41, 5.74) is 1.77. The van der Waals surface area contributed by atoms with Gasteiger partial charge in [0.1, 0.15) is 11.9 Å². The van der Waals surface area contributed by atoms with E-state index in [0.29, 0.717) is 5.56 Å². The molecule has 2 heterocycles. The number of hydrogen-bond acceptors (Lipinski definition) is 3. The van der Waals surface area contributed by atoms with E-state index in [0.717, 1.165) is 10.2 Å². The molecule has 0 saturated heterocycles. The maximum absolute atomic E-state index is 13.6. The number of thiophene rings is 1. The van der Waals surface area contributed by atoms with Crippen molar-refractivity contribution in [3.63, 3.8) is 0 Å². The number of aliphatic hydroxyl groups is 1. The summed E-state index contributed by atoms with van der Waals surface area (Å²) in [6, 6.07) is 10.0. The van der Waals surface area contributed by atoms with Gasteiger partial charge in [-0.05, 0) is 23.6 Å². The molecule has 1 unspecified atom stereocenters. The van der Waals surface area contributed by atoms with Crippen LogP contribution in [0.25, 0.3) is 10.2 Å². The Morgan fingerprint density at radius 2 is 2.06 bits per heavy atom. The zero-order valence-electron chi connectivity index (χ0n) is 9.38. The van der Waals surface area contributed by atoms with Gasteiger partial charge in [0.25, 0.3) is 0 Å². The number of hydrogen-bond donors (Lipinski definition) is 1. The molecule has 0 spiro atoms. The monoisotopic (exact) mass is 259 g/mol. The van der Waals surface area contributed by atoms with Crippen LogP contribution < -0.4 is 0 Å². The predicted molar refractivity (Wildman–Crippen MR) is 70.1 cm³/mol. The highest BCUT2D eigenvalue weighted by Gasteiger charge is 2.15. The van der Waals surface area contributed by atoms with Crippen molar-refractivity contribution in [2.24, 2.45) is 0 Å². The SMILES string of the molecule is OC(c1cnc2ccsc2c1)c1ccccc1F. The molecule has 0 aliphatic carbocycles. The first-order chi connectivity index (χ1) is 8.75. The molecule has 0 amide bonds. The van der Waals surface area contributed by atoms with Gasteiger partial charge in [-0.25, -0.2) is 4.39 Å². The number of halogens is 1. The molecule has 0 aliphatic rings. The summed E-state index contributed by atoms with van der Waals surface area (Å²) in [4.78, 5) is 4.25. The zero-order valence-corrected chi connectivity index (χ0v) is 10.2. The standard InChI is InChI=1S/C14H10FNOS/c15-11-4-2-1-3-10(11)14(17)9-7-13-12(16-8-9)5-6-18-13/h1-8,14,17H. The average molecular weight is 259 g/mol. The number of aromatic nitrogens is 1. The van der Waals surface area contributed by atoms with E-state index in [2.05, 4.69) is 4.98 Å². The lowest BCUT2D eigenvalue weighted by molar-refractivity contribution is 0.215. The van der Waals surface area contributed by atoms with Gasteiger partial charge in [0.15, 0.2) is 0 Å². The number of nitrogens with zero attached hydrogens (tertiary/aromatic N) is 1. The first-order valence-corrected chi connectivity index (χ1v) is 6.39. The fourth-order valence-corrected chi connectivity index (χ4v) is 2.68. The lowest BCUT2D eigenvalue weighted by atomic mass is 10.0. The van der Waals surface area contributed by atoms with Gasteiger partial charge in [-0.1, -0.05) is 18.2 Å². The van der Waals surface area contributed by atoms with Gasteiger partial charge in [0, 0.05) is 17.3 Å². The van der Waals surface area contributed by atoms with Gasteiger partial charge in [0.2, 0.25) is 0 Å². The topological polar surface area (TPSA) is 33.1 Å². The van der Waals surface area contributed by atoms with Gasteiger partial charge in [-0.2, -0.15) is 0 Å². The van der Waals surface area contributed by atoms with Crippen LogP contribution in [0.3, 0.4) is 0 Å². The van der Waals surface area contributed by atoms with Gasteiger partial charge >= 0.3 is 0 Å². The summed E-state index contributed by atoms with van der Waals surface area (Å²) in [6.45, 7) is 0. The molecule has 18 heavy (non-hydrogen) atoms. The highest BCUT2D eigenvalue weighted by atomic mass is 32.1. The van der Waals surface area contributed by atoms with E-state index in [1.165, 1.54) is 6.07 Å². The highest BCUT2D eigenvalue weighted by Crippen LogP contribution is 2.27. The van der Waals surface area contributed by atoms with Crippen molar-refractivity contribution in [3.8, 4) is 0 Å². The molecule has 0 fully saturated rings. The Morgan fingerprint density at radius 1 is 1.22 bits per heavy atom. The summed E-state index contributed by atoms with van der Waals surface area (Å²) in [6.07, 6.45) is 0.608. The molecule has 1 aromatic carbocycles. The minimum atomic E-state index is -0.981. The van der Waals surface area contributed by atoms with Gasteiger partial charge in [-0.3, -0.25) is 4.98 Å². The quantitative estimate of drug-likeness (QED) is 0.764. The van der Waals surface area contributed by atoms with Gasteiger partial charge < -0.3 is 5.11 Å². The normalized spacial score (nSPS) is 12.8. The fourth-order valence-electron chi connectivity index (χ4n) is 1.89. The Bertz CT molecular complexity index is 695. The molecule has 1 N–H and O–H groups in total. The Kier molecular flexibility index (Phi) is 2.81. The molecular weight excluding hydrogens is 249 g/mol. The summed E-state index contributed by atoms with van der Waals surface area (Å²) in [5.74, 6) is -0.406. The molecule has 1 atom stereocenters. The summed E-state index contributed by atoms with van der Waals surface area (Å²) < 4.78 is 14.6. The molecule has 2 aromatic heterocycles. The molecular formula is C14H10FNOS. The lowest BCUT2D eigenvalue weighted by Crippen LogP contribution is -2.02. The van der Waals surface area contributed by atoms with Crippen molar-refractivity contribution >= 4 is 21.6 Å². The molecule has 3 rings (SSSR count). The minimum Gasteiger partial charge on any atom is -0.383 e.